The largest absolute Gasteiger partial charge is 0.355 e. The maximum absolute atomic E-state index is 13.9. The Balaban J connectivity index is 1.56. The van der Waals surface area contributed by atoms with Crippen molar-refractivity contribution in [1.82, 2.24) is 14.8 Å². The van der Waals surface area contributed by atoms with Gasteiger partial charge in [-0.2, -0.15) is 0 Å². The summed E-state index contributed by atoms with van der Waals surface area (Å²) in [4.78, 5) is 53.9. The lowest BCUT2D eigenvalue weighted by Crippen LogP contribution is -2.44. The minimum atomic E-state index is -0.443. The third kappa shape index (κ3) is 4.73. The fraction of sp³-hybridized carbons (Fsp3) is 0.600. The molecule has 7 heteroatoms. The number of carbonyl (C=O) groups excluding carboxylic acids is 4. The van der Waals surface area contributed by atoms with Crippen molar-refractivity contribution in [2.24, 2.45) is 11.3 Å². The van der Waals surface area contributed by atoms with Gasteiger partial charge in [-0.1, -0.05) is 38.3 Å². The molecule has 1 saturated carbocycles. The van der Waals surface area contributed by atoms with Gasteiger partial charge in [-0.3, -0.25) is 19.2 Å². The van der Waals surface area contributed by atoms with Gasteiger partial charge in [0.25, 0.3) is 0 Å². The van der Waals surface area contributed by atoms with E-state index in [2.05, 4.69) is 18.3 Å². The number of benzene rings is 1. The van der Waals surface area contributed by atoms with Crippen molar-refractivity contribution in [1.29, 1.82) is 0 Å². The van der Waals surface area contributed by atoms with Crippen molar-refractivity contribution in [3.8, 4) is 0 Å². The van der Waals surface area contributed by atoms with Crippen LogP contribution in [0.5, 0.6) is 0 Å². The zero-order chi connectivity index (χ0) is 26.5. The molecule has 1 N–H and O–H groups in total. The van der Waals surface area contributed by atoms with Gasteiger partial charge in [-0.25, -0.2) is 0 Å². The molecule has 2 aromatic rings. The van der Waals surface area contributed by atoms with Crippen molar-refractivity contribution in [3.05, 3.63) is 35.0 Å². The lowest BCUT2D eigenvalue weighted by atomic mass is 9.95. The van der Waals surface area contributed by atoms with E-state index in [4.69, 9.17) is 0 Å². The summed E-state index contributed by atoms with van der Waals surface area (Å²) < 4.78 is 1.95. The zero-order valence-corrected chi connectivity index (χ0v) is 22.6. The summed E-state index contributed by atoms with van der Waals surface area (Å²) in [6.07, 6.45) is 7.96. The van der Waals surface area contributed by atoms with Gasteiger partial charge in [0.15, 0.2) is 11.6 Å². The van der Waals surface area contributed by atoms with Gasteiger partial charge in [0, 0.05) is 48.0 Å². The first-order valence-electron chi connectivity index (χ1n) is 13.9. The van der Waals surface area contributed by atoms with Crippen LogP contribution in [0.15, 0.2) is 18.3 Å². The Labute approximate surface area is 218 Å². The number of ketones is 2. The molecule has 1 saturated heterocycles. The first kappa shape index (κ1) is 25.7. The fourth-order valence-corrected chi connectivity index (χ4v) is 6.84. The number of aromatic nitrogens is 1. The third-order valence-corrected chi connectivity index (χ3v) is 8.87. The molecule has 0 unspecified atom stereocenters. The van der Waals surface area contributed by atoms with Gasteiger partial charge in [0.05, 0.1) is 11.6 Å². The third-order valence-electron chi connectivity index (χ3n) is 8.87. The topological polar surface area (TPSA) is 88.5 Å². The van der Waals surface area contributed by atoms with Gasteiger partial charge in [-0.15, -0.1) is 0 Å². The standard InChI is InChI=1S/C30H39N3O4/c1-5-25(35)24-13-30-14-26(30)33(24)28(37)16-32-15-23(20(4)34)22-11-19(3)10-21(29(22)32)9-7-6-8-18(2)12-27(36)31-17-30/h10-11,15,18,24,26H,5-9,12-14,16-17H2,1-4H3,(H,31,36)/t18-,24-,26+,30-/m0/s1. The number of amides is 2. The van der Waals surface area contributed by atoms with Crippen molar-refractivity contribution < 1.29 is 19.2 Å². The molecule has 5 rings (SSSR count). The van der Waals surface area contributed by atoms with Crippen molar-refractivity contribution >= 4 is 34.3 Å². The molecule has 2 amide bonds. The number of Topliss-reactive ketones (excluding diaryl/α,β-unsaturated/α-hetero) is 2. The number of hydrogen-bond acceptors (Lipinski definition) is 4. The van der Waals surface area contributed by atoms with Crippen LogP contribution >= 0.6 is 0 Å². The quantitative estimate of drug-likeness (QED) is 0.628. The molecule has 1 aromatic heterocycles. The minimum absolute atomic E-state index is 0.0131. The first-order chi connectivity index (χ1) is 17.6. The average molecular weight is 506 g/mol. The molecule has 1 aliphatic carbocycles. The second-order valence-electron chi connectivity index (χ2n) is 11.8. The van der Waals surface area contributed by atoms with Crippen LogP contribution in [0.4, 0.5) is 0 Å². The Hall–Kier alpha value is -2.96. The molecule has 3 heterocycles. The van der Waals surface area contributed by atoms with Crippen LogP contribution < -0.4 is 5.32 Å². The van der Waals surface area contributed by atoms with Gasteiger partial charge in [0.1, 0.15) is 6.54 Å². The molecule has 7 nitrogen and oxygen atoms in total. The highest BCUT2D eigenvalue weighted by Gasteiger charge is 2.66. The Morgan fingerprint density at radius 3 is 2.68 bits per heavy atom. The minimum Gasteiger partial charge on any atom is -0.355 e. The maximum Gasteiger partial charge on any atom is 0.243 e. The van der Waals surface area contributed by atoms with Crippen molar-refractivity contribution in [3.63, 3.8) is 0 Å². The Morgan fingerprint density at radius 2 is 1.95 bits per heavy atom. The van der Waals surface area contributed by atoms with Crippen molar-refractivity contribution in [2.75, 3.05) is 6.54 Å². The summed E-state index contributed by atoms with van der Waals surface area (Å²) in [5.74, 6) is 0.338. The molecule has 37 heavy (non-hydrogen) atoms. The number of nitrogens with zero attached hydrogens (tertiary/aromatic N) is 2. The zero-order valence-electron chi connectivity index (χ0n) is 22.6. The number of aryl methyl sites for hydroxylation is 2. The molecule has 0 spiro atoms. The van der Waals surface area contributed by atoms with E-state index in [1.165, 1.54) is 0 Å². The van der Waals surface area contributed by atoms with Gasteiger partial charge < -0.3 is 14.8 Å². The molecule has 198 valence electrons. The fourth-order valence-electron chi connectivity index (χ4n) is 6.84. The second kappa shape index (κ2) is 9.73. The van der Waals surface area contributed by atoms with Crippen LogP contribution in [-0.4, -0.2) is 51.5 Å². The number of hydrogen-bond donors (Lipinski definition) is 1. The Morgan fingerprint density at radius 1 is 1.16 bits per heavy atom. The number of piperidine rings is 1. The Bertz CT molecular complexity index is 1280. The molecular formula is C30H39N3O4. The first-order valence-corrected chi connectivity index (χ1v) is 13.9. The van der Waals surface area contributed by atoms with Crippen LogP contribution in [-0.2, 0) is 27.3 Å². The van der Waals surface area contributed by atoms with Crippen molar-refractivity contribution in [2.45, 2.75) is 97.7 Å². The molecule has 1 aromatic carbocycles. The highest BCUT2D eigenvalue weighted by Crippen LogP contribution is 2.59. The summed E-state index contributed by atoms with van der Waals surface area (Å²) in [5.41, 5.74) is 3.64. The number of rotatable bonds is 3. The SMILES string of the molecule is CCC(=O)[C@@H]1C[C@]23CNC(=O)C[C@@H](C)CCCCc4cc(C)cc5c(C(C)=O)cn(c45)CC(=O)N1[C@@H]2C3. The van der Waals surface area contributed by atoms with E-state index in [-0.39, 0.29) is 41.4 Å². The molecule has 2 bridgehead atoms. The van der Waals surface area contributed by atoms with Crippen LogP contribution in [0, 0.1) is 18.3 Å². The number of nitrogens with one attached hydrogen (secondary N) is 1. The molecule has 4 atom stereocenters. The van der Waals surface area contributed by atoms with Crippen LogP contribution in [0.25, 0.3) is 10.9 Å². The summed E-state index contributed by atoms with van der Waals surface area (Å²) in [7, 11) is 0. The predicted octanol–water partition coefficient (Wildman–Crippen LogP) is 4.36. The molecule has 3 aliphatic rings. The lowest BCUT2D eigenvalue weighted by molar-refractivity contribution is -0.139. The average Bonchev–Trinajstić information content (AvgIpc) is 3.26. The molecule has 2 aliphatic heterocycles. The van der Waals surface area contributed by atoms with E-state index in [1.807, 2.05) is 35.6 Å². The van der Waals surface area contributed by atoms with Crippen LogP contribution in [0.1, 0.15) is 87.2 Å². The highest BCUT2D eigenvalue weighted by atomic mass is 16.2. The molecular weight excluding hydrogens is 466 g/mol. The number of carbonyl (C=O) groups is 4. The molecule has 2 fully saturated rings. The van der Waals surface area contributed by atoms with E-state index < -0.39 is 6.04 Å². The van der Waals surface area contributed by atoms with E-state index in [1.54, 1.807) is 6.92 Å². The highest BCUT2D eigenvalue weighted by molar-refractivity contribution is 6.08. The van der Waals surface area contributed by atoms with Gasteiger partial charge >= 0.3 is 0 Å². The summed E-state index contributed by atoms with van der Waals surface area (Å²) in [6, 6.07) is 3.75. The van der Waals surface area contributed by atoms with E-state index in [0.29, 0.717) is 37.3 Å². The second-order valence-corrected chi connectivity index (χ2v) is 11.8. The van der Waals surface area contributed by atoms with E-state index in [0.717, 1.165) is 54.1 Å². The summed E-state index contributed by atoms with van der Waals surface area (Å²) >= 11 is 0. The predicted molar refractivity (Wildman–Crippen MR) is 142 cm³/mol. The monoisotopic (exact) mass is 505 g/mol. The maximum atomic E-state index is 13.9. The van der Waals surface area contributed by atoms with E-state index in [9.17, 15) is 19.2 Å². The summed E-state index contributed by atoms with van der Waals surface area (Å²) in [6.45, 7) is 8.22. The normalized spacial score (nSPS) is 28.5. The Kier molecular flexibility index (Phi) is 6.75. The van der Waals surface area contributed by atoms with Gasteiger partial charge in [0.2, 0.25) is 11.8 Å². The summed E-state index contributed by atoms with van der Waals surface area (Å²) in [5, 5.41) is 4.03. The van der Waals surface area contributed by atoms with Crippen LogP contribution in [0.2, 0.25) is 0 Å². The molecule has 0 radical (unpaired) electrons. The lowest BCUT2D eigenvalue weighted by Gasteiger charge is -2.27. The van der Waals surface area contributed by atoms with E-state index >= 15 is 0 Å². The smallest absolute Gasteiger partial charge is 0.243 e. The van der Waals surface area contributed by atoms with Gasteiger partial charge in [-0.05, 0) is 57.1 Å². The van der Waals surface area contributed by atoms with Crippen LogP contribution in [0.3, 0.4) is 0 Å².